The molecule has 30 heavy (non-hydrogen) atoms. The zero-order valence-corrected chi connectivity index (χ0v) is 16.7. The van der Waals surface area contributed by atoms with Crippen LogP contribution in [0, 0.1) is 11.3 Å². The SMILES string of the molecule is N#Cc1ccc(CN2CC[C@H](O)[C@H](NC(=O)CCc3nc4ccccc4[nH]3)C2)cc1. The van der Waals surface area contributed by atoms with Gasteiger partial charge in [0.1, 0.15) is 5.82 Å². The zero-order chi connectivity index (χ0) is 20.9. The molecule has 0 saturated carbocycles. The summed E-state index contributed by atoms with van der Waals surface area (Å²) in [4.78, 5) is 22.4. The summed E-state index contributed by atoms with van der Waals surface area (Å²) in [6.45, 7) is 2.09. The number of para-hydroxylation sites is 2. The van der Waals surface area contributed by atoms with Crippen molar-refractivity contribution in [3.8, 4) is 6.07 Å². The van der Waals surface area contributed by atoms with E-state index >= 15 is 0 Å². The van der Waals surface area contributed by atoms with Gasteiger partial charge in [-0.25, -0.2) is 4.98 Å². The molecule has 7 heteroatoms. The third kappa shape index (κ3) is 4.85. The van der Waals surface area contributed by atoms with Gasteiger partial charge >= 0.3 is 0 Å². The summed E-state index contributed by atoms with van der Waals surface area (Å²) in [7, 11) is 0. The average molecular weight is 403 g/mol. The lowest BCUT2D eigenvalue weighted by atomic mass is 10.0. The van der Waals surface area contributed by atoms with Crippen molar-refractivity contribution < 1.29 is 9.90 Å². The number of rotatable bonds is 6. The number of H-pyrrole nitrogens is 1. The quantitative estimate of drug-likeness (QED) is 0.585. The van der Waals surface area contributed by atoms with E-state index in [1.165, 1.54) is 0 Å². The van der Waals surface area contributed by atoms with Gasteiger partial charge in [0, 0.05) is 32.5 Å². The number of carbonyl (C=O) groups excluding carboxylic acids is 1. The number of imidazole rings is 1. The van der Waals surface area contributed by atoms with Crippen LogP contribution in [-0.4, -0.2) is 51.1 Å². The predicted octanol–water partition coefficient (Wildman–Crippen LogP) is 2.12. The number of aromatic nitrogens is 2. The Balaban J connectivity index is 1.29. The number of piperidine rings is 1. The third-order valence-corrected chi connectivity index (χ3v) is 5.52. The first-order chi connectivity index (χ1) is 14.6. The van der Waals surface area contributed by atoms with Gasteiger partial charge in [0.15, 0.2) is 0 Å². The number of amides is 1. The Bertz CT molecular complexity index is 1020. The number of nitrogens with zero attached hydrogens (tertiary/aromatic N) is 3. The van der Waals surface area contributed by atoms with Crippen LogP contribution in [-0.2, 0) is 17.8 Å². The first kappa shape index (κ1) is 20.1. The number of carbonyl (C=O) groups is 1. The van der Waals surface area contributed by atoms with E-state index in [0.29, 0.717) is 31.4 Å². The standard InChI is InChI=1S/C23H25N5O2/c24-13-16-5-7-17(8-6-16)14-28-12-11-21(29)20(15-28)27-23(30)10-9-22-25-18-3-1-2-4-19(18)26-22/h1-8,20-21,29H,9-12,14-15H2,(H,25,26)(H,27,30)/t20-,21+/m1/s1. The van der Waals surface area contributed by atoms with E-state index in [4.69, 9.17) is 5.26 Å². The maximum absolute atomic E-state index is 12.5. The highest BCUT2D eigenvalue weighted by atomic mass is 16.3. The topological polar surface area (TPSA) is 105 Å². The number of hydrogen-bond acceptors (Lipinski definition) is 5. The second kappa shape index (κ2) is 9.08. The van der Waals surface area contributed by atoms with E-state index in [0.717, 1.165) is 35.5 Å². The van der Waals surface area contributed by atoms with E-state index in [1.807, 2.05) is 48.5 Å². The highest BCUT2D eigenvalue weighted by molar-refractivity contribution is 5.77. The number of aromatic amines is 1. The first-order valence-corrected chi connectivity index (χ1v) is 10.2. The molecule has 1 aliphatic rings. The van der Waals surface area contributed by atoms with Crippen LogP contribution in [0.25, 0.3) is 11.0 Å². The van der Waals surface area contributed by atoms with Crippen molar-refractivity contribution in [2.45, 2.75) is 38.0 Å². The average Bonchev–Trinajstić information content (AvgIpc) is 3.18. The molecular formula is C23H25N5O2. The van der Waals surface area contributed by atoms with Crippen molar-refractivity contribution in [1.29, 1.82) is 5.26 Å². The molecule has 2 heterocycles. The minimum absolute atomic E-state index is 0.0836. The summed E-state index contributed by atoms with van der Waals surface area (Å²) in [5, 5.41) is 22.3. The number of hydrogen-bond donors (Lipinski definition) is 3. The number of aliphatic hydroxyl groups is 1. The highest BCUT2D eigenvalue weighted by Gasteiger charge is 2.28. The monoisotopic (exact) mass is 403 g/mol. The Kier molecular flexibility index (Phi) is 6.07. The Labute approximate surface area is 175 Å². The van der Waals surface area contributed by atoms with E-state index < -0.39 is 6.10 Å². The van der Waals surface area contributed by atoms with Crippen molar-refractivity contribution in [1.82, 2.24) is 20.2 Å². The van der Waals surface area contributed by atoms with Gasteiger partial charge in [0.2, 0.25) is 5.91 Å². The molecule has 3 N–H and O–H groups in total. The molecule has 0 aliphatic carbocycles. The third-order valence-electron chi connectivity index (χ3n) is 5.52. The van der Waals surface area contributed by atoms with E-state index in [-0.39, 0.29) is 11.9 Å². The lowest BCUT2D eigenvalue weighted by Gasteiger charge is -2.36. The number of nitriles is 1. The Morgan fingerprint density at radius 3 is 2.83 bits per heavy atom. The van der Waals surface area contributed by atoms with Crippen LogP contribution in [0.1, 0.15) is 29.8 Å². The largest absolute Gasteiger partial charge is 0.391 e. The van der Waals surface area contributed by atoms with Crippen LogP contribution >= 0.6 is 0 Å². The first-order valence-electron chi connectivity index (χ1n) is 10.2. The molecule has 1 fully saturated rings. The minimum Gasteiger partial charge on any atom is -0.391 e. The van der Waals surface area contributed by atoms with Gasteiger partial charge in [-0.2, -0.15) is 5.26 Å². The fraction of sp³-hybridized carbons (Fsp3) is 0.348. The maximum atomic E-state index is 12.5. The van der Waals surface area contributed by atoms with Gasteiger partial charge in [-0.15, -0.1) is 0 Å². The van der Waals surface area contributed by atoms with Crippen LogP contribution in [0.2, 0.25) is 0 Å². The number of likely N-dealkylation sites (tertiary alicyclic amines) is 1. The molecule has 1 aromatic heterocycles. The molecule has 154 valence electrons. The van der Waals surface area contributed by atoms with Gasteiger partial charge < -0.3 is 15.4 Å². The van der Waals surface area contributed by atoms with Gasteiger partial charge in [0.25, 0.3) is 0 Å². The molecule has 1 amide bonds. The molecule has 0 bridgehead atoms. The van der Waals surface area contributed by atoms with Crippen LogP contribution in [0.3, 0.4) is 0 Å². The van der Waals surface area contributed by atoms with E-state index in [1.54, 1.807) is 0 Å². The van der Waals surface area contributed by atoms with Crippen LogP contribution in [0.5, 0.6) is 0 Å². The highest BCUT2D eigenvalue weighted by Crippen LogP contribution is 2.16. The Morgan fingerprint density at radius 2 is 2.07 bits per heavy atom. The maximum Gasteiger partial charge on any atom is 0.220 e. The lowest BCUT2D eigenvalue weighted by Crippen LogP contribution is -2.54. The molecule has 0 radical (unpaired) electrons. The minimum atomic E-state index is -0.544. The molecular weight excluding hydrogens is 378 g/mol. The summed E-state index contributed by atoms with van der Waals surface area (Å²) in [6.07, 6.45) is 0.916. The second-order valence-electron chi connectivity index (χ2n) is 7.77. The van der Waals surface area contributed by atoms with Crippen LogP contribution in [0.15, 0.2) is 48.5 Å². The number of nitrogens with one attached hydrogen (secondary N) is 2. The lowest BCUT2D eigenvalue weighted by molar-refractivity contribution is -0.123. The van der Waals surface area contributed by atoms with Crippen molar-refractivity contribution in [2.75, 3.05) is 13.1 Å². The van der Waals surface area contributed by atoms with E-state index in [9.17, 15) is 9.90 Å². The summed E-state index contributed by atoms with van der Waals surface area (Å²) in [5.41, 5.74) is 3.62. The Morgan fingerprint density at radius 1 is 1.27 bits per heavy atom. The smallest absolute Gasteiger partial charge is 0.220 e. The molecule has 1 saturated heterocycles. The fourth-order valence-corrected chi connectivity index (χ4v) is 3.87. The molecule has 3 aromatic rings. The predicted molar refractivity (Wildman–Crippen MR) is 113 cm³/mol. The summed E-state index contributed by atoms with van der Waals surface area (Å²) in [6, 6.07) is 17.1. The van der Waals surface area contributed by atoms with Crippen molar-refractivity contribution in [2.24, 2.45) is 0 Å². The van der Waals surface area contributed by atoms with Gasteiger partial charge in [0.05, 0.1) is 34.8 Å². The van der Waals surface area contributed by atoms with Crippen molar-refractivity contribution in [3.05, 3.63) is 65.5 Å². The van der Waals surface area contributed by atoms with Gasteiger partial charge in [-0.1, -0.05) is 24.3 Å². The summed E-state index contributed by atoms with van der Waals surface area (Å²) >= 11 is 0. The Hall–Kier alpha value is -3.21. The number of benzene rings is 2. The number of fused-ring (bicyclic) bond motifs is 1. The fourth-order valence-electron chi connectivity index (χ4n) is 3.87. The molecule has 7 nitrogen and oxygen atoms in total. The van der Waals surface area contributed by atoms with E-state index in [2.05, 4.69) is 26.3 Å². The van der Waals surface area contributed by atoms with Crippen molar-refractivity contribution in [3.63, 3.8) is 0 Å². The normalized spacial score (nSPS) is 19.5. The molecule has 4 rings (SSSR count). The molecule has 1 aliphatic heterocycles. The van der Waals surface area contributed by atoms with Crippen LogP contribution < -0.4 is 5.32 Å². The van der Waals surface area contributed by atoms with Gasteiger partial charge in [-0.3, -0.25) is 9.69 Å². The molecule has 2 aromatic carbocycles. The number of aryl methyl sites for hydroxylation is 1. The van der Waals surface area contributed by atoms with Gasteiger partial charge in [-0.05, 0) is 36.2 Å². The number of aliphatic hydroxyl groups excluding tert-OH is 1. The summed E-state index contributed by atoms with van der Waals surface area (Å²) in [5.74, 6) is 0.706. The molecule has 0 unspecified atom stereocenters. The second-order valence-corrected chi connectivity index (χ2v) is 7.77. The van der Waals surface area contributed by atoms with Crippen LogP contribution in [0.4, 0.5) is 0 Å². The molecule has 0 spiro atoms. The van der Waals surface area contributed by atoms with Crippen molar-refractivity contribution >= 4 is 16.9 Å². The molecule has 2 atom stereocenters. The zero-order valence-electron chi connectivity index (χ0n) is 16.7. The summed E-state index contributed by atoms with van der Waals surface area (Å²) < 4.78 is 0.